The lowest BCUT2D eigenvalue weighted by Crippen LogP contribution is -2.42. The number of pyridine rings is 1. The number of benzene rings is 3. The van der Waals surface area contributed by atoms with Crippen LogP contribution in [0.15, 0.2) is 91.3 Å². The Morgan fingerprint density at radius 2 is 1.65 bits per heavy atom. The van der Waals surface area contributed by atoms with E-state index in [2.05, 4.69) is 29.4 Å². The molecule has 0 aliphatic heterocycles. The summed E-state index contributed by atoms with van der Waals surface area (Å²) >= 11 is 6.00. The average Bonchev–Trinajstić information content (AvgIpc) is 3.38. The Labute approximate surface area is 236 Å². The standard InChI is InChI=1S/C32H28ClN3O4/c1-2-20-3-5-21(6-4-20)15-25-16-27(37)12-9-23(25)17-28(32(39)40)35-31(38)29-19-36-14-13-24(18-30(36)34-29)22-7-10-26(33)11-8-22/h3-14,16,18-19,28,37H,2,15,17H2,1H3,(H,35,38)(H,39,40)/t28-/m0/s1. The van der Waals surface area contributed by atoms with E-state index in [4.69, 9.17) is 11.6 Å². The summed E-state index contributed by atoms with van der Waals surface area (Å²) in [6.45, 7) is 2.09. The second kappa shape index (κ2) is 11.6. The number of imidazole rings is 1. The number of carbonyl (C=O) groups is 2. The molecule has 1 amide bonds. The topological polar surface area (TPSA) is 104 Å². The molecule has 1 atom stereocenters. The second-order valence-electron chi connectivity index (χ2n) is 9.68. The first kappa shape index (κ1) is 27.0. The monoisotopic (exact) mass is 553 g/mol. The molecule has 0 spiro atoms. The summed E-state index contributed by atoms with van der Waals surface area (Å²) in [5.41, 5.74) is 6.33. The number of rotatable bonds is 9. The van der Waals surface area contributed by atoms with Crippen LogP contribution >= 0.6 is 11.6 Å². The summed E-state index contributed by atoms with van der Waals surface area (Å²) < 4.78 is 1.71. The lowest BCUT2D eigenvalue weighted by molar-refractivity contribution is -0.139. The Hall–Kier alpha value is -4.62. The smallest absolute Gasteiger partial charge is 0.326 e. The number of hydrogen-bond donors (Lipinski definition) is 3. The van der Waals surface area contributed by atoms with Crippen LogP contribution in [0.5, 0.6) is 5.75 Å². The number of carbonyl (C=O) groups excluding carboxylic acids is 1. The Kier molecular flexibility index (Phi) is 7.84. The first-order chi connectivity index (χ1) is 19.3. The predicted molar refractivity (Wildman–Crippen MR) is 155 cm³/mol. The molecule has 0 saturated carbocycles. The van der Waals surface area contributed by atoms with Gasteiger partial charge in [-0.1, -0.05) is 61.0 Å². The third-order valence-corrected chi connectivity index (χ3v) is 7.17. The highest BCUT2D eigenvalue weighted by Gasteiger charge is 2.24. The van der Waals surface area contributed by atoms with Crippen LogP contribution in [-0.4, -0.2) is 37.5 Å². The normalized spacial score (nSPS) is 11.8. The highest BCUT2D eigenvalue weighted by Crippen LogP contribution is 2.24. The molecule has 0 bridgehead atoms. The number of phenolic OH excluding ortho intramolecular Hbond substituents is 1. The van der Waals surface area contributed by atoms with Gasteiger partial charge < -0.3 is 19.9 Å². The van der Waals surface area contributed by atoms with Crippen LogP contribution < -0.4 is 5.32 Å². The number of fused-ring (bicyclic) bond motifs is 1. The van der Waals surface area contributed by atoms with Crippen LogP contribution in [0.2, 0.25) is 5.02 Å². The molecule has 3 N–H and O–H groups in total. The predicted octanol–water partition coefficient (Wildman–Crippen LogP) is 5.94. The maximum Gasteiger partial charge on any atom is 0.326 e. The van der Waals surface area contributed by atoms with E-state index >= 15 is 0 Å². The van der Waals surface area contributed by atoms with Crippen molar-refractivity contribution < 1.29 is 19.8 Å². The van der Waals surface area contributed by atoms with E-state index in [-0.39, 0.29) is 17.9 Å². The first-order valence-electron chi connectivity index (χ1n) is 13.0. The van der Waals surface area contributed by atoms with E-state index in [1.807, 2.05) is 36.4 Å². The molecular weight excluding hydrogens is 526 g/mol. The maximum atomic E-state index is 13.1. The van der Waals surface area contributed by atoms with Crippen molar-refractivity contribution in [3.05, 3.63) is 124 Å². The summed E-state index contributed by atoms with van der Waals surface area (Å²) in [4.78, 5) is 29.7. The molecule has 0 fully saturated rings. The quantitative estimate of drug-likeness (QED) is 0.210. The molecule has 40 heavy (non-hydrogen) atoms. The number of hydrogen-bond acceptors (Lipinski definition) is 4. The zero-order valence-electron chi connectivity index (χ0n) is 21.8. The maximum absolute atomic E-state index is 13.1. The zero-order valence-corrected chi connectivity index (χ0v) is 22.6. The molecule has 5 aromatic rings. The molecule has 0 radical (unpaired) electrons. The van der Waals surface area contributed by atoms with Gasteiger partial charge in [-0.25, -0.2) is 9.78 Å². The largest absolute Gasteiger partial charge is 0.508 e. The molecule has 2 heterocycles. The fourth-order valence-electron chi connectivity index (χ4n) is 4.65. The third kappa shape index (κ3) is 6.16. The number of carboxylic acid groups (broad SMARTS) is 1. The molecule has 3 aromatic carbocycles. The molecule has 5 rings (SSSR count). The van der Waals surface area contributed by atoms with Crippen LogP contribution in [0, 0.1) is 0 Å². The van der Waals surface area contributed by atoms with Crippen LogP contribution in [0.1, 0.15) is 39.7 Å². The number of amides is 1. The molecule has 7 nitrogen and oxygen atoms in total. The van der Waals surface area contributed by atoms with Crippen molar-refractivity contribution in [1.29, 1.82) is 0 Å². The van der Waals surface area contributed by atoms with Gasteiger partial charge in [-0.2, -0.15) is 0 Å². The van der Waals surface area contributed by atoms with Crippen LogP contribution in [0.4, 0.5) is 0 Å². The average molecular weight is 554 g/mol. The summed E-state index contributed by atoms with van der Waals surface area (Å²) in [5, 5.41) is 23.3. The number of carboxylic acids is 1. The number of nitrogens with zero attached hydrogens (tertiary/aromatic N) is 2. The second-order valence-corrected chi connectivity index (χ2v) is 10.1. The Bertz CT molecular complexity index is 1680. The lowest BCUT2D eigenvalue weighted by Gasteiger charge is -2.17. The van der Waals surface area contributed by atoms with Gasteiger partial charge in [-0.05, 0) is 82.6 Å². The number of aromatic hydroxyl groups is 1. The van der Waals surface area contributed by atoms with Gasteiger partial charge in [0.05, 0.1) is 0 Å². The third-order valence-electron chi connectivity index (χ3n) is 6.91. The van der Waals surface area contributed by atoms with Crippen LogP contribution in [-0.2, 0) is 24.1 Å². The van der Waals surface area contributed by atoms with Gasteiger partial charge in [0.25, 0.3) is 5.91 Å². The number of aliphatic carboxylic acids is 1. The molecule has 0 aliphatic carbocycles. The van der Waals surface area contributed by atoms with Crippen molar-refractivity contribution in [3.63, 3.8) is 0 Å². The van der Waals surface area contributed by atoms with E-state index in [0.29, 0.717) is 17.1 Å². The van der Waals surface area contributed by atoms with E-state index in [9.17, 15) is 19.8 Å². The lowest BCUT2D eigenvalue weighted by atomic mass is 9.94. The molecular formula is C32H28ClN3O4. The van der Waals surface area contributed by atoms with Gasteiger partial charge in [-0.3, -0.25) is 4.79 Å². The highest BCUT2D eigenvalue weighted by molar-refractivity contribution is 6.30. The molecule has 0 saturated heterocycles. The summed E-state index contributed by atoms with van der Waals surface area (Å²) in [6.07, 6.45) is 4.89. The van der Waals surface area contributed by atoms with Gasteiger partial charge >= 0.3 is 5.97 Å². The molecule has 202 valence electrons. The van der Waals surface area contributed by atoms with E-state index < -0.39 is 17.9 Å². The van der Waals surface area contributed by atoms with Crippen LogP contribution in [0.25, 0.3) is 16.8 Å². The molecule has 0 unspecified atom stereocenters. The van der Waals surface area contributed by atoms with E-state index in [0.717, 1.165) is 34.2 Å². The van der Waals surface area contributed by atoms with Gasteiger partial charge in [0.1, 0.15) is 23.1 Å². The van der Waals surface area contributed by atoms with Gasteiger partial charge in [0, 0.05) is 23.8 Å². The number of halogens is 1. The van der Waals surface area contributed by atoms with Crippen molar-refractivity contribution in [2.45, 2.75) is 32.2 Å². The Morgan fingerprint density at radius 3 is 2.35 bits per heavy atom. The van der Waals surface area contributed by atoms with Gasteiger partial charge in [0.2, 0.25) is 0 Å². The van der Waals surface area contributed by atoms with Crippen molar-refractivity contribution in [2.75, 3.05) is 0 Å². The molecule has 8 heteroatoms. The number of aryl methyl sites for hydroxylation is 1. The van der Waals surface area contributed by atoms with Crippen LogP contribution in [0.3, 0.4) is 0 Å². The first-order valence-corrected chi connectivity index (χ1v) is 13.3. The number of nitrogens with one attached hydrogen (secondary N) is 1. The van der Waals surface area contributed by atoms with Crippen molar-refractivity contribution >= 4 is 29.1 Å². The fraction of sp³-hybridized carbons (Fsp3) is 0.156. The minimum absolute atomic E-state index is 0.0534. The molecule has 2 aromatic heterocycles. The number of aromatic nitrogens is 2. The fourth-order valence-corrected chi connectivity index (χ4v) is 4.78. The number of phenols is 1. The highest BCUT2D eigenvalue weighted by atomic mass is 35.5. The Balaban J connectivity index is 1.34. The molecule has 0 aliphatic rings. The van der Waals surface area contributed by atoms with Crippen molar-refractivity contribution in [1.82, 2.24) is 14.7 Å². The summed E-state index contributed by atoms with van der Waals surface area (Å²) in [5.74, 6) is -1.64. The summed E-state index contributed by atoms with van der Waals surface area (Å²) in [7, 11) is 0. The van der Waals surface area contributed by atoms with Gasteiger partial charge in [0.15, 0.2) is 0 Å². The SMILES string of the molecule is CCc1ccc(Cc2cc(O)ccc2C[C@H](NC(=O)c2cn3ccc(-c4ccc(Cl)cc4)cc3n2)C(=O)O)cc1. The minimum atomic E-state index is -1.19. The minimum Gasteiger partial charge on any atom is -0.508 e. The van der Waals surface area contributed by atoms with Crippen molar-refractivity contribution in [3.8, 4) is 16.9 Å². The van der Waals surface area contributed by atoms with E-state index in [1.54, 1.807) is 41.1 Å². The van der Waals surface area contributed by atoms with Gasteiger partial charge in [-0.15, -0.1) is 0 Å². The summed E-state index contributed by atoms with van der Waals surface area (Å²) in [6, 6.07) is 23.0. The van der Waals surface area contributed by atoms with E-state index in [1.165, 1.54) is 11.6 Å². The Morgan fingerprint density at radius 1 is 0.925 bits per heavy atom. The van der Waals surface area contributed by atoms with Crippen molar-refractivity contribution in [2.24, 2.45) is 0 Å². The zero-order chi connectivity index (χ0) is 28.2.